The van der Waals surface area contributed by atoms with Gasteiger partial charge in [0.15, 0.2) is 0 Å². The van der Waals surface area contributed by atoms with Crippen molar-refractivity contribution in [1.29, 1.82) is 0 Å². The van der Waals surface area contributed by atoms with Crippen molar-refractivity contribution < 1.29 is 0 Å². The lowest BCUT2D eigenvalue weighted by molar-refractivity contribution is 1.14. The fraction of sp³-hybridized carbons (Fsp3) is 0. The average Bonchev–Trinajstić information content (AvgIpc) is 1.58. The van der Waals surface area contributed by atoms with E-state index >= 15 is 0 Å². The van der Waals surface area contributed by atoms with Crippen molar-refractivity contribution in [2.75, 3.05) is 0 Å². The molecule has 0 unspecified atom stereocenters. The van der Waals surface area contributed by atoms with Crippen molar-refractivity contribution in [3.8, 4) is 67.5 Å². The molecule has 0 aliphatic heterocycles. The zero-order valence-electron chi connectivity index (χ0n) is 66.2. The molecule has 0 atom stereocenters. The van der Waals surface area contributed by atoms with E-state index in [1.807, 2.05) is 36.8 Å². The van der Waals surface area contributed by atoms with E-state index in [1.165, 1.54) is 148 Å². The molecule has 9 heteroatoms. The summed E-state index contributed by atoms with van der Waals surface area (Å²) in [6.07, 6.45) is 5.65. The highest BCUT2D eigenvalue weighted by Gasteiger charge is 2.24. The minimum absolute atomic E-state index is 0.970. The van der Waals surface area contributed by atoms with Gasteiger partial charge in [0.05, 0.1) is 60.7 Å². The second-order valence-electron chi connectivity index (χ2n) is 31.4. The lowest BCUT2D eigenvalue weighted by Gasteiger charge is -2.11. The van der Waals surface area contributed by atoms with Crippen molar-refractivity contribution in [2.24, 2.45) is 0 Å². The summed E-state index contributed by atoms with van der Waals surface area (Å²) in [5.41, 5.74) is 28.8. The first-order valence-electron chi connectivity index (χ1n) is 41.5. The summed E-state index contributed by atoms with van der Waals surface area (Å²) in [4.78, 5) is 14.5. The molecule has 0 amide bonds. The molecule has 9 heterocycles. The summed E-state index contributed by atoms with van der Waals surface area (Å²) in [7, 11) is 0. The van der Waals surface area contributed by atoms with E-state index in [0.717, 1.165) is 72.1 Å². The number of nitrogens with zero attached hydrogens (tertiary/aromatic N) is 9. The van der Waals surface area contributed by atoms with Gasteiger partial charge < -0.3 is 18.3 Å². The van der Waals surface area contributed by atoms with Crippen LogP contribution >= 0.6 is 0 Å². The van der Waals surface area contributed by atoms with Crippen LogP contribution in [-0.4, -0.2) is 42.4 Å². The summed E-state index contributed by atoms with van der Waals surface area (Å²) in [5.74, 6) is 0. The van der Waals surface area contributed by atoms with E-state index in [-0.39, 0.29) is 0 Å². The maximum absolute atomic E-state index is 4.85. The third-order valence-electron chi connectivity index (χ3n) is 24.6. The Balaban J connectivity index is 0.000000104. The molecule has 570 valence electrons. The summed E-state index contributed by atoms with van der Waals surface area (Å²) in [5, 5.41) is 18.4. The van der Waals surface area contributed by atoms with Crippen LogP contribution in [0.3, 0.4) is 0 Å². The molecular weight excluding hydrogens is 1480 g/mol. The van der Waals surface area contributed by atoms with Gasteiger partial charge in [0.25, 0.3) is 0 Å². The van der Waals surface area contributed by atoms with Crippen LogP contribution in [0.25, 0.3) is 220 Å². The average molecular weight is 1560 g/mol. The van der Waals surface area contributed by atoms with Gasteiger partial charge in [0.1, 0.15) is 11.3 Å². The van der Waals surface area contributed by atoms with Crippen molar-refractivity contribution in [3.05, 3.63) is 443 Å². The molecule has 26 aromatic rings. The molecule has 0 N–H and O–H groups in total. The monoisotopic (exact) mass is 1560 g/mol. The predicted molar refractivity (Wildman–Crippen MR) is 510 cm³/mol. The first-order chi connectivity index (χ1) is 60.6. The van der Waals surface area contributed by atoms with Gasteiger partial charge in [-0.05, 0) is 225 Å². The first-order valence-corrected chi connectivity index (χ1v) is 41.5. The van der Waals surface area contributed by atoms with Gasteiger partial charge in [-0.25, -0.2) is 9.97 Å². The minimum atomic E-state index is 0.970. The number of fused-ring (bicyclic) bond motifs is 20. The van der Waals surface area contributed by atoms with Crippen LogP contribution in [0.2, 0.25) is 0 Å². The van der Waals surface area contributed by atoms with Crippen LogP contribution in [0.1, 0.15) is 0 Å². The summed E-state index contributed by atoms with van der Waals surface area (Å²) in [6.45, 7) is 0. The van der Waals surface area contributed by atoms with Gasteiger partial charge >= 0.3 is 0 Å². The maximum Gasteiger partial charge on any atom is 0.145 e. The number of aromatic nitrogens is 9. The van der Waals surface area contributed by atoms with Gasteiger partial charge in [-0.1, -0.05) is 255 Å². The quantitative estimate of drug-likeness (QED) is 0.145. The molecule has 26 rings (SSSR count). The highest BCUT2D eigenvalue weighted by molar-refractivity contribution is 6.19. The van der Waals surface area contributed by atoms with Crippen molar-refractivity contribution in [2.45, 2.75) is 0 Å². The Morgan fingerprint density at radius 3 is 0.943 bits per heavy atom. The third kappa shape index (κ3) is 11.4. The molecule has 9 nitrogen and oxygen atoms in total. The zero-order valence-corrected chi connectivity index (χ0v) is 66.2. The lowest BCUT2D eigenvalue weighted by atomic mass is 9.98. The summed E-state index contributed by atoms with van der Waals surface area (Å²) in [6, 6.07) is 152. The second kappa shape index (κ2) is 28.7. The maximum atomic E-state index is 4.85. The Labute approximate surface area is 701 Å². The van der Waals surface area contributed by atoms with Gasteiger partial charge in [-0.15, -0.1) is 0 Å². The van der Waals surface area contributed by atoms with Gasteiger partial charge in [0, 0.05) is 112 Å². The Morgan fingerprint density at radius 1 is 0.156 bits per heavy atom. The molecule has 0 fully saturated rings. The third-order valence-corrected chi connectivity index (χ3v) is 24.6. The van der Waals surface area contributed by atoms with Crippen LogP contribution in [-0.2, 0) is 0 Å². The Morgan fingerprint density at radius 2 is 0.475 bits per heavy atom. The molecule has 0 aliphatic carbocycles. The second-order valence-corrected chi connectivity index (χ2v) is 31.4. The molecule has 9 aromatic heterocycles. The number of para-hydroxylation sites is 7. The van der Waals surface area contributed by atoms with Crippen LogP contribution < -0.4 is 0 Å². The van der Waals surface area contributed by atoms with Crippen LogP contribution in [0.15, 0.2) is 443 Å². The topological polar surface area (TPSA) is 68.2 Å². The molecular formula is C113H73N9. The van der Waals surface area contributed by atoms with E-state index in [2.05, 4.69) is 434 Å². The smallest absolute Gasteiger partial charge is 0.145 e. The molecule has 0 saturated heterocycles. The SMILES string of the molecule is c1ccc(-n2c3ccc(-c4ccc5c6ccccc6n(-c6ccc7ccccc7c6)c5c4)cc3c3ncccc32)cc1.c1ccc(-n2c3cccc(-c4ccc5c6ccccc6n(-c6ccc7ccccc7c6)c5c4)c3c3cccnc32)cc1.c1ccc(-n2c3ccccc3c3ccc(-c4cccc5c4c4cccnc4n5-c4ccccc4)cc32)cc1. The molecule has 0 radical (unpaired) electrons. The molecule has 122 heavy (non-hydrogen) atoms. The van der Waals surface area contributed by atoms with E-state index < -0.39 is 0 Å². The summed E-state index contributed by atoms with van der Waals surface area (Å²) >= 11 is 0. The zero-order chi connectivity index (χ0) is 80.3. The van der Waals surface area contributed by atoms with Crippen LogP contribution in [0.4, 0.5) is 0 Å². The molecule has 0 bridgehead atoms. The number of hydrogen-bond acceptors (Lipinski definition) is 3. The Bertz CT molecular complexity index is 8640. The largest absolute Gasteiger partial charge is 0.309 e. The van der Waals surface area contributed by atoms with Crippen molar-refractivity contribution in [3.63, 3.8) is 0 Å². The van der Waals surface area contributed by atoms with Crippen molar-refractivity contribution in [1.82, 2.24) is 42.4 Å². The molecule has 0 saturated carbocycles. The Kier molecular flexibility index (Phi) is 16.4. The standard InChI is InChI=1S/2C39H25N3.C35H23N3/c1-2-12-29(13-3-1)42-36-18-8-15-31(38(36)34-16-9-23-40-39(34)42)28-20-22-33-32-14-6-7-17-35(32)41(37(33)25-28)30-21-19-26-10-4-5-11-27(26)24-30;1-2-11-30(12-3-1)41-36-21-18-28(24-34(36)39-37(41)15-8-22-40-39)29-17-20-33-32-13-6-7-14-35(32)42(38(33)25-29)31-19-16-26-9-4-5-10-27(26)23-31;1-3-11-25(12-4-1)37-31-18-8-7-15-28(31)29-21-20-24(23-33(29)37)27-16-9-19-32-34(27)30-17-10-22-36-35(30)38(32)26-13-5-2-6-14-26/h2*1-25H;1-23H. The van der Waals surface area contributed by atoms with Gasteiger partial charge in [-0.2, -0.15) is 0 Å². The van der Waals surface area contributed by atoms with Crippen LogP contribution in [0, 0.1) is 0 Å². The lowest BCUT2D eigenvalue weighted by Crippen LogP contribution is -1.95. The molecule has 0 aliphatic rings. The van der Waals surface area contributed by atoms with E-state index in [9.17, 15) is 0 Å². The minimum Gasteiger partial charge on any atom is -0.309 e. The number of rotatable bonds is 9. The summed E-state index contributed by atoms with van der Waals surface area (Å²) < 4.78 is 14.1. The van der Waals surface area contributed by atoms with Crippen LogP contribution in [0.5, 0.6) is 0 Å². The van der Waals surface area contributed by atoms with Crippen molar-refractivity contribution >= 4 is 153 Å². The highest BCUT2D eigenvalue weighted by atomic mass is 15.1. The predicted octanol–water partition coefficient (Wildman–Crippen LogP) is 29.1. The number of pyridine rings is 3. The van der Waals surface area contributed by atoms with E-state index in [4.69, 9.17) is 15.0 Å². The number of hydrogen-bond donors (Lipinski definition) is 0. The van der Waals surface area contributed by atoms with Gasteiger partial charge in [-0.3, -0.25) is 14.1 Å². The number of benzene rings is 17. The fourth-order valence-electron chi connectivity index (χ4n) is 19.3. The normalized spacial score (nSPS) is 11.8. The first kappa shape index (κ1) is 69.8. The molecule has 17 aromatic carbocycles. The Hall–Kier alpha value is -16.5. The molecule has 0 spiro atoms. The van der Waals surface area contributed by atoms with E-state index in [0.29, 0.717) is 0 Å². The fourth-order valence-corrected chi connectivity index (χ4v) is 19.3. The van der Waals surface area contributed by atoms with Gasteiger partial charge in [0.2, 0.25) is 0 Å². The highest BCUT2D eigenvalue weighted by Crippen LogP contribution is 2.45. The van der Waals surface area contributed by atoms with E-state index in [1.54, 1.807) is 0 Å².